The Morgan fingerprint density at radius 1 is 1.09 bits per heavy atom. The molecule has 0 radical (unpaired) electrons. The summed E-state index contributed by atoms with van der Waals surface area (Å²) < 4.78 is 26.9. The van der Waals surface area contributed by atoms with Crippen LogP contribution in [0.15, 0.2) is 56.5 Å². The standard InChI is InChI=1S/C22H17N3O7S/c1-2-28-21(27)19-18(13-5-3-4-6-14(13)31-19)23-17(26)10-33-22-25-24-20(32-22)12-7-8-15-16(9-12)30-11-29-15/h3-9H,2,10-11H2,1H3,(H,23,26). The summed E-state index contributed by atoms with van der Waals surface area (Å²) in [5, 5.41) is 11.6. The molecule has 1 amide bonds. The first-order chi connectivity index (χ1) is 16.1. The van der Waals surface area contributed by atoms with Crippen molar-refractivity contribution in [1.29, 1.82) is 0 Å². The second kappa shape index (κ2) is 8.87. The number of fused-ring (bicyclic) bond motifs is 2. The van der Waals surface area contributed by atoms with E-state index in [4.69, 9.17) is 23.0 Å². The maximum absolute atomic E-state index is 12.6. The van der Waals surface area contributed by atoms with Crippen LogP contribution in [0.2, 0.25) is 0 Å². The van der Waals surface area contributed by atoms with Gasteiger partial charge in [-0.3, -0.25) is 4.79 Å². The van der Waals surface area contributed by atoms with Crippen molar-refractivity contribution in [2.45, 2.75) is 12.1 Å². The van der Waals surface area contributed by atoms with Gasteiger partial charge in [-0.2, -0.15) is 0 Å². The third-order valence-electron chi connectivity index (χ3n) is 4.67. The molecule has 0 fully saturated rings. The molecule has 168 valence electrons. The summed E-state index contributed by atoms with van der Waals surface area (Å²) in [6.45, 7) is 2.04. The first-order valence-electron chi connectivity index (χ1n) is 9.97. The number of nitrogens with one attached hydrogen (secondary N) is 1. The second-order valence-electron chi connectivity index (χ2n) is 6.80. The summed E-state index contributed by atoms with van der Waals surface area (Å²) in [5.41, 5.74) is 1.40. The number of benzene rings is 2. The third-order valence-corrected chi connectivity index (χ3v) is 5.49. The Hall–Kier alpha value is -3.99. The van der Waals surface area contributed by atoms with Gasteiger partial charge in [-0.05, 0) is 37.3 Å². The van der Waals surface area contributed by atoms with E-state index in [1.165, 1.54) is 0 Å². The van der Waals surface area contributed by atoms with E-state index >= 15 is 0 Å². The summed E-state index contributed by atoms with van der Waals surface area (Å²) in [6, 6.07) is 12.3. The number of amides is 1. The zero-order valence-electron chi connectivity index (χ0n) is 17.3. The Labute approximate surface area is 191 Å². The normalized spacial score (nSPS) is 12.2. The predicted octanol–water partition coefficient (Wildman–Crippen LogP) is 4.12. The molecule has 0 atom stereocenters. The largest absolute Gasteiger partial charge is 0.460 e. The highest BCUT2D eigenvalue weighted by molar-refractivity contribution is 7.99. The van der Waals surface area contributed by atoms with Crippen molar-refractivity contribution in [3.05, 3.63) is 48.2 Å². The van der Waals surface area contributed by atoms with Crippen molar-refractivity contribution in [3.63, 3.8) is 0 Å². The zero-order chi connectivity index (χ0) is 22.8. The molecule has 5 rings (SSSR count). The molecule has 2 aromatic heterocycles. The monoisotopic (exact) mass is 467 g/mol. The fourth-order valence-electron chi connectivity index (χ4n) is 3.23. The highest BCUT2D eigenvalue weighted by atomic mass is 32.2. The molecule has 0 unspecified atom stereocenters. The van der Waals surface area contributed by atoms with Gasteiger partial charge in [-0.25, -0.2) is 4.79 Å². The van der Waals surface area contributed by atoms with Crippen LogP contribution in [0, 0.1) is 0 Å². The van der Waals surface area contributed by atoms with E-state index < -0.39 is 5.97 Å². The molecule has 33 heavy (non-hydrogen) atoms. The van der Waals surface area contributed by atoms with Gasteiger partial charge in [0, 0.05) is 10.9 Å². The van der Waals surface area contributed by atoms with Crippen LogP contribution in [0.3, 0.4) is 0 Å². The molecule has 3 heterocycles. The Morgan fingerprint density at radius 2 is 1.94 bits per heavy atom. The topological polar surface area (TPSA) is 126 Å². The summed E-state index contributed by atoms with van der Waals surface area (Å²) in [4.78, 5) is 24.9. The van der Waals surface area contributed by atoms with E-state index in [9.17, 15) is 9.59 Å². The van der Waals surface area contributed by atoms with E-state index in [1.54, 1.807) is 49.4 Å². The number of para-hydroxylation sites is 1. The first kappa shape index (κ1) is 20.9. The predicted molar refractivity (Wildman–Crippen MR) is 117 cm³/mol. The number of hydrogen-bond donors (Lipinski definition) is 1. The molecule has 11 heteroatoms. The molecule has 1 N–H and O–H groups in total. The molecule has 10 nitrogen and oxygen atoms in total. The van der Waals surface area contributed by atoms with Crippen LogP contribution in [-0.2, 0) is 9.53 Å². The van der Waals surface area contributed by atoms with Gasteiger partial charge in [0.1, 0.15) is 11.3 Å². The summed E-state index contributed by atoms with van der Waals surface area (Å²) in [7, 11) is 0. The number of carbonyl (C=O) groups is 2. The number of anilines is 1. The van der Waals surface area contributed by atoms with Gasteiger partial charge in [-0.1, -0.05) is 23.9 Å². The molecule has 0 aliphatic carbocycles. The maximum Gasteiger partial charge on any atom is 0.376 e. The summed E-state index contributed by atoms with van der Waals surface area (Å²) in [6.07, 6.45) is 0. The van der Waals surface area contributed by atoms with Gasteiger partial charge in [0.15, 0.2) is 11.5 Å². The molecule has 0 bridgehead atoms. The number of carbonyl (C=O) groups excluding carboxylic acids is 2. The van der Waals surface area contributed by atoms with Crippen LogP contribution in [0.1, 0.15) is 17.5 Å². The van der Waals surface area contributed by atoms with Crippen LogP contribution in [0.25, 0.3) is 22.4 Å². The SMILES string of the molecule is CCOC(=O)c1oc2ccccc2c1NC(=O)CSc1nnc(-c2ccc3c(c2)OCO3)o1. The van der Waals surface area contributed by atoms with Crippen LogP contribution < -0.4 is 14.8 Å². The quantitative estimate of drug-likeness (QED) is 0.313. The highest BCUT2D eigenvalue weighted by Crippen LogP contribution is 2.36. The van der Waals surface area contributed by atoms with Crippen LogP contribution >= 0.6 is 11.8 Å². The van der Waals surface area contributed by atoms with Gasteiger partial charge in [0.25, 0.3) is 5.22 Å². The maximum atomic E-state index is 12.6. The lowest BCUT2D eigenvalue weighted by Gasteiger charge is -2.05. The Morgan fingerprint density at radius 3 is 2.82 bits per heavy atom. The van der Waals surface area contributed by atoms with Crippen molar-refractivity contribution < 1.29 is 32.6 Å². The van der Waals surface area contributed by atoms with E-state index in [1.807, 2.05) is 0 Å². The van der Waals surface area contributed by atoms with Gasteiger partial charge in [0.2, 0.25) is 24.4 Å². The van der Waals surface area contributed by atoms with E-state index in [0.29, 0.717) is 33.9 Å². The van der Waals surface area contributed by atoms with E-state index in [-0.39, 0.29) is 41.7 Å². The Kier molecular flexibility index (Phi) is 5.61. The molecule has 1 aliphatic rings. The molecule has 2 aromatic carbocycles. The van der Waals surface area contributed by atoms with Crippen molar-refractivity contribution in [2.75, 3.05) is 24.5 Å². The number of ether oxygens (including phenoxy) is 3. The second-order valence-corrected chi connectivity index (χ2v) is 7.73. The fraction of sp³-hybridized carbons (Fsp3) is 0.182. The molecule has 4 aromatic rings. The van der Waals surface area contributed by atoms with Crippen molar-refractivity contribution in [1.82, 2.24) is 10.2 Å². The number of hydrogen-bond acceptors (Lipinski definition) is 10. The van der Waals surface area contributed by atoms with Crippen molar-refractivity contribution >= 4 is 40.3 Å². The molecular weight excluding hydrogens is 450 g/mol. The minimum Gasteiger partial charge on any atom is -0.460 e. The molecule has 1 aliphatic heterocycles. The van der Waals surface area contributed by atoms with Gasteiger partial charge in [0.05, 0.1) is 12.4 Å². The number of esters is 1. The molecular formula is C22H17N3O7S. The smallest absolute Gasteiger partial charge is 0.376 e. The lowest BCUT2D eigenvalue weighted by molar-refractivity contribution is -0.113. The van der Waals surface area contributed by atoms with Crippen molar-refractivity contribution in [3.8, 4) is 23.0 Å². The average molecular weight is 467 g/mol. The number of thioether (sulfide) groups is 1. The Balaban J connectivity index is 1.28. The zero-order valence-corrected chi connectivity index (χ0v) is 18.1. The minimum absolute atomic E-state index is 0.0233. The van der Waals surface area contributed by atoms with Gasteiger partial charge >= 0.3 is 5.97 Å². The number of furan rings is 1. The molecule has 0 saturated carbocycles. The molecule has 0 saturated heterocycles. The number of rotatable bonds is 7. The van der Waals surface area contributed by atoms with Crippen molar-refractivity contribution in [2.24, 2.45) is 0 Å². The lowest BCUT2D eigenvalue weighted by atomic mass is 10.2. The van der Waals surface area contributed by atoms with Gasteiger partial charge in [-0.15, -0.1) is 10.2 Å². The average Bonchev–Trinajstić information content (AvgIpc) is 3.56. The third kappa shape index (κ3) is 4.22. The first-order valence-corrected chi connectivity index (χ1v) is 11.0. The minimum atomic E-state index is -0.651. The fourth-order valence-corrected chi connectivity index (χ4v) is 3.79. The van der Waals surface area contributed by atoms with Crippen LogP contribution in [0.5, 0.6) is 11.5 Å². The van der Waals surface area contributed by atoms with Crippen LogP contribution in [-0.4, -0.2) is 41.2 Å². The summed E-state index contributed by atoms with van der Waals surface area (Å²) >= 11 is 1.07. The molecule has 0 spiro atoms. The number of nitrogens with zero attached hydrogens (tertiary/aromatic N) is 2. The van der Waals surface area contributed by atoms with Crippen LogP contribution in [0.4, 0.5) is 5.69 Å². The Bertz CT molecular complexity index is 1350. The summed E-state index contributed by atoms with van der Waals surface area (Å²) in [5.74, 6) is 0.440. The van der Waals surface area contributed by atoms with E-state index in [0.717, 1.165) is 11.8 Å². The number of aromatic nitrogens is 2. The highest BCUT2D eigenvalue weighted by Gasteiger charge is 2.24. The van der Waals surface area contributed by atoms with E-state index in [2.05, 4.69) is 15.5 Å². The van der Waals surface area contributed by atoms with Gasteiger partial charge < -0.3 is 28.4 Å². The lowest BCUT2D eigenvalue weighted by Crippen LogP contribution is -2.16.